The Kier molecular flexibility index (Phi) is 2.99. The highest BCUT2D eigenvalue weighted by Crippen LogP contribution is 2.24. The van der Waals surface area contributed by atoms with Crippen molar-refractivity contribution in [1.82, 2.24) is 0 Å². The number of anilines is 1. The van der Waals surface area contributed by atoms with Gasteiger partial charge in [-0.05, 0) is 42.3 Å². The van der Waals surface area contributed by atoms with Gasteiger partial charge in [-0.15, -0.1) is 0 Å². The van der Waals surface area contributed by atoms with Crippen LogP contribution in [-0.4, -0.2) is 18.4 Å². The number of hydrogen-bond donors (Lipinski definition) is 1. The summed E-state index contributed by atoms with van der Waals surface area (Å²) in [7, 11) is 0. The molecule has 2 aromatic carbocycles. The van der Waals surface area contributed by atoms with Crippen molar-refractivity contribution in [3.8, 4) is 0 Å². The number of carbonyl (C=O) groups excluding carboxylic acids is 2. The van der Waals surface area contributed by atoms with Gasteiger partial charge >= 0.3 is 0 Å². The number of nitrogens with two attached hydrogens (primary N) is 1. The van der Waals surface area contributed by atoms with E-state index in [2.05, 4.69) is 0 Å². The van der Waals surface area contributed by atoms with Crippen LogP contribution in [0.5, 0.6) is 0 Å². The number of primary amides is 1. The van der Waals surface area contributed by atoms with Gasteiger partial charge in [0.1, 0.15) is 0 Å². The molecule has 0 saturated carbocycles. The molecule has 0 atom stereocenters. The molecule has 4 heteroatoms. The van der Waals surface area contributed by atoms with Crippen molar-refractivity contribution >= 4 is 17.5 Å². The minimum absolute atomic E-state index is 0.00123. The Bertz CT molecular complexity index is 677. The number of amides is 2. The fraction of sp³-hybridized carbons (Fsp3) is 0.125. The van der Waals surface area contributed by atoms with Crippen LogP contribution in [0.2, 0.25) is 0 Å². The first kappa shape index (κ1) is 12.4. The van der Waals surface area contributed by atoms with E-state index in [1.54, 1.807) is 29.2 Å². The molecule has 1 aliphatic rings. The van der Waals surface area contributed by atoms with Gasteiger partial charge in [-0.25, -0.2) is 0 Å². The molecule has 0 aliphatic carbocycles. The molecule has 0 spiro atoms. The molecule has 100 valence electrons. The first-order chi connectivity index (χ1) is 9.66. The van der Waals surface area contributed by atoms with Crippen LogP contribution in [0.15, 0.2) is 48.5 Å². The van der Waals surface area contributed by atoms with E-state index in [0.29, 0.717) is 12.1 Å². The average molecular weight is 266 g/mol. The van der Waals surface area contributed by atoms with Crippen LogP contribution in [-0.2, 0) is 6.42 Å². The molecule has 0 saturated heterocycles. The summed E-state index contributed by atoms with van der Waals surface area (Å²) in [6, 6.07) is 14.5. The summed E-state index contributed by atoms with van der Waals surface area (Å²) in [5.74, 6) is -0.467. The molecule has 3 rings (SSSR count). The van der Waals surface area contributed by atoms with E-state index in [9.17, 15) is 9.59 Å². The van der Waals surface area contributed by atoms with Gasteiger partial charge in [0.2, 0.25) is 5.91 Å². The van der Waals surface area contributed by atoms with Gasteiger partial charge in [0.25, 0.3) is 5.91 Å². The van der Waals surface area contributed by atoms with Crippen molar-refractivity contribution in [1.29, 1.82) is 0 Å². The Labute approximate surface area is 116 Å². The number of nitrogens with zero attached hydrogens (tertiary/aromatic N) is 1. The lowest BCUT2D eigenvalue weighted by molar-refractivity contribution is 0.0978. The quantitative estimate of drug-likeness (QED) is 0.903. The van der Waals surface area contributed by atoms with Crippen molar-refractivity contribution in [2.45, 2.75) is 6.42 Å². The van der Waals surface area contributed by atoms with Gasteiger partial charge in [0.15, 0.2) is 0 Å². The summed E-state index contributed by atoms with van der Waals surface area (Å²) in [4.78, 5) is 25.3. The van der Waals surface area contributed by atoms with Gasteiger partial charge in [0.05, 0.1) is 0 Å². The Morgan fingerprint density at radius 1 is 1.05 bits per heavy atom. The molecule has 2 N–H and O–H groups in total. The lowest BCUT2D eigenvalue weighted by atomic mass is 9.98. The van der Waals surface area contributed by atoms with Crippen LogP contribution in [0, 0.1) is 0 Å². The number of fused-ring (bicyclic) bond motifs is 1. The van der Waals surface area contributed by atoms with Gasteiger partial charge in [-0.1, -0.05) is 18.2 Å². The molecule has 2 aromatic rings. The average Bonchev–Trinajstić information content (AvgIpc) is 2.48. The normalized spacial score (nSPS) is 14.0. The summed E-state index contributed by atoms with van der Waals surface area (Å²) >= 11 is 0. The second-order valence-corrected chi connectivity index (χ2v) is 4.78. The summed E-state index contributed by atoms with van der Waals surface area (Å²) in [5, 5.41) is 0. The maximum atomic E-state index is 12.5. The van der Waals surface area contributed by atoms with E-state index in [4.69, 9.17) is 5.73 Å². The smallest absolute Gasteiger partial charge is 0.258 e. The molecule has 20 heavy (non-hydrogen) atoms. The number of benzene rings is 2. The van der Waals surface area contributed by atoms with E-state index < -0.39 is 5.91 Å². The lowest BCUT2D eigenvalue weighted by Gasteiger charge is -2.28. The Balaban J connectivity index is 1.92. The molecule has 0 radical (unpaired) electrons. The van der Waals surface area contributed by atoms with Crippen LogP contribution in [0.4, 0.5) is 5.69 Å². The second-order valence-electron chi connectivity index (χ2n) is 4.78. The first-order valence-corrected chi connectivity index (χ1v) is 6.46. The topological polar surface area (TPSA) is 63.4 Å². The molecule has 0 bridgehead atoms. The van der Waals surface area contributed by atoms with Crippen molar-refractivity contribution < 1.29 is 9.59 Å². The summed E-state index contributed by atoms with van der Waals surface area (Å²) in [5.41, 5.74) is 8.28. The predicted octanol–water partition coefficient (Wildman–Crippen LogP) is 1.99. The number of rotatable bonds is 2. The minimum atomic E-state index is -0.466. The molecule has 1 aliphatic heterocycles. The third-order valence-corrected chi connectivity index (χ3v) is 3.56. The van der Waals surface area contributed by atoms with Gasteiger partial charge in [-0.2, -0.15) is 0 Å². The van der Waals surface area contributed by atoms with E-state index in [1.165, 1.54) is 0 Å². The molecule has 1 heterocycles. The van der Waals surface area contributed by atoms with Crippen molar-refractivity contribution in [2.75, 3.05) is 11.4 Å². The molecular weight excluding hydrogens is 252 g/mol. The van der Waals surface area contributed by atoms with Gasteiger partial charge in [0, 0.05) is 23.4 Å². The molecular formula is C16H14N2O2. The molecule has 4 nitrogen and oxygen atoms in total. The van der Waals surface area contributed by atoms with E-state index >= 15 is 0 Å². The van der Waals surface area contributed by atoms with Crippen molar-refractivity contribution in [2.24, 2.45) is 5.73 Å². The van der Waals surface area contributed by atoms with Crippen molar-refractivity contribution in [3.05, 3.63) is 65.2 Å². The highest BCUT2D eigenvalue weighted by Gasteiger charge is 2.24. The minimum Gasteiger partial charge on any atom is -0.366 e. The van der Waals surface area contributed by atoms with Crippen molar-refractivity contribution in [3.63, 3.8) is 0 Å². The summed E-state index contributed by atoms with van der Waals surface area (Å²) in [6.45, 7) is 0.645. The van der Waals surface area contributed by atoms with Gasteiger partial charge in [-0.3, -0.25) is 9.59 Å². The molecule has 0 aromatic heterocycles. The van der Waals surface area contributed by atoms with Crippen LogP contribution < -0.4 is 10.6 Å². The SMILES string of the molecule is NC(=O)c1ccc(N2CCc3ccccc3C2=O)cc1. The molecule has 0 fully saturated rings. The zero-order valence-corrected chi connectivity index (χ0v) is 10.9. The first-order valence-electron chi connectivity index (χ1n) is 6.46. The maximum absolute atomic E-state index is 12.5. The number of hydrogen-bond acceptors (Lipinski definition) is 2. The van der Waals surface area contributed by atoms with E-state index in [0.717, 1.165) is 23.2 Å². The van der Waals surface area contributed by atoms with Gasteiger partial charge < -0.3 is 10.6 Å². The summed E-state index contributed by atoms with van der Waals surface area (Å²) < 4.78 is 0. The zero-order valence-electron chi connectivity index (χ0n) is 10.9. The Morgan fingerprint density at radius 3 is 2.45 bits per heavy atom. The maximum Gasteiger partial charge on any atom is 0.258 e. The fourth-order valence-corrected chi connectivity index (χ4v) is 2.48. The monoisotopic (exact) mass is 266 g/mol. The molecule has 2 amide bonds. The predicted molar refractivity (Wildman–Crippen MR) is 76.8 cm³/mol. The van der Waals surface area contributed by atoms with E-state index in [1.807, 2.05) is 24.3 Å². The third kappa shape index (κ3) is 2.05. The van der Waals surface area contributed by atoms with Crippen LogP contribution in [0.25, 0.3) is 0 Å². The Morgan fingerprint density at radius 2 is 1.75 bits per heavy atom. The summed E-state index contributed by atoms with van der Waals surface area (Å²) in [6.07, 6.45) is 0.833. The van der Waals surface area contributed by atoms with Crippen LogP contribution >= 0.6 is 0 Å². The lowest BCUT2D eigenvalue weighted by Crippen LogP contribution is -2.37. The highest BCUT2D eigenvalue weighted by molar-refractivity contribution is 6.08. The van der Waals surface area contributed by atoms with Crippen LogP contribution in [0.3, 0.4) is 0 Å². The van der Waals surface area contributed by atoms with Crippen LogP contribution in [0.1, 0.15) is 26.3 Å². The standard InChI is InChI=1S/C16H14N2O2/c17-15(19)12-5-7-13(8-6-12)18-10-9-11-3-1-2-4-14(11)16(18)20/h1-8H,9-10H2,(H2,17,19). The molecule has 0 unspecified atom stereocenters. The zero-order chi connectivity index (χ0) is 14.1. The second kappa shape index (κ2) is 4.81. The third-order valence-electron chi connectivity index (χ3n) is 3.56. The Hall–Kier alpha value is -2.62. The largest absolute Gasteiger partial charge is 0.366 e. The van der Waals surface area contributed by atoms with E-state index in [-0.39, 0.29) is 5.91 Å². The fourth-order valence-electron chi connectivity index (χ4n) is 2.48. The highest BCUT2D eigenvalue weighted by atomic mass is 16.2. The number of carbonyl (C=O) groups is 2.